The number of hydrogen-bond donors (Lipinski definition) is 5. The Balaban J connectivity index is 0.000000316. The zero-order valence-corrected chi connectivity index (χ0v) is 28.6. The standard InChI is InChI=1S/C20H34O4.C13H24N4O3S/c1-2-3-4-5-6-9-12-16-17(19(22)15-18(16)21)13-10-7-8-11-14-20(23)24;1-13(2,3)14-8-10(18)9-20-12-11(15-21-16-12)17-4-6-19-7-5-17/h7,9-10,12,16-19,21-22H,2-6,8,11,13-15H2,1H3,(H,23,24);10,14,18H,4-9H2,1-3H3/b10-7-,12-9+;/t16-,17-,18-,19+;10-/m10/s1. The molecule has 0 amide bonds. The topological polar surface area (TPSA) is 158 Å². The van der Waals surface area contributed by atoms with Gasteiger partial charge in [0.15, 0.2) is 0 Å². The SMILES string of the molecule is CC(C)(C)NC[C@H](O)COc1nsnc1N1CCOCC1.CCCCCC/C=C/[C@@H]1[C@@H](C/C=C\CCCC(=O)O)[C@@H](O)C[C@H]1O. The van der Waals surface area contributed by atoms with E-state index >= 15 is 0 Å². The number of rotatable bonds is 18. The Labute approximate surface area is 274 Å². The predicted octanol–water partition coefficient (Wildman–Crippen LogP) is 4.57. The first-order valence-corrected chi connectivity index (χ1v) is 17.4. The second kappa shape index (κ2) is 21.7. The van der Waals surface area contributed by atoms with Crippen molar-refractivity contribution in [1.82, 2.24) is 14.1 Å². The van der Waals surface area contributed by atoms with Crippen LogP contribution in [0.2, 0.25) is 0 Å². The van der Waals surface area contributed by atoms with E-state index in [1.165, 1.54) is 25.7 Å². The van der Waals surface area contributed by atoms with E-state index < -0.39 is 24.3 Å². The second-order valence-electron chi connectivity index (χ2n) is 13.0. The summed E-state index contributed by atoms with van der Waals surface area (Å²) in [6, 6.07) is 0. The van der Waals surface area contributed by atoms with Crippen molar-refractivity contribution in [2.45, 2.75) is 116 Å². The Morgan fingerprint density at radius 1 is 1.09 bits per heavy atom. The van der Waals surface area contributed by atoms with E-state index in [1.54, 1.807) is 0 Å². The van der Waals surface area contributed by atoms with Crippen LogP contribution in [0.4, 0.5) is 5.82 Å². The number of aliphatic carboxylic acids is 1. The minimum absolute atomic E-state index is 0.0230. The maximum Gasteiger partial charge on any atom is 0.303 e. The molecular formula is C33H58N4O7S. The third-order valence-electron chi connectivity index (χ3n) is 7.87. The summed E-state index contributed by atoms with van der Waals surface area (Å²) in [5.74, 6) is 0.565. The monoisotopic (exact) mass is 654 g/mol. The first kappa shape index (κ1) is 39.1. The van der Waals surface area contributed by atoms with Gasteiger partial charge in [0, 0.05) is 43.9 Å². The Morgan fingerprint density at radius 3 is 2.51 bits per heavy atom. The smallest absolute Gasteiger partial charge is 0.303 e. The second-order valence-corrected chi connectivity index (χ2v) is 13.5. The van der Waals surface area contributed by atoms with Crippen LogP contribution >= 0.6 is 11.7 Å². The lowest BCUT2D eigenvalue weighted by atomic mass is 9.89. The third-order valence-corrected chi connectivity index (χ3v) is 8.37. The van der Waals surface area contributed by atoms with Crippen LogP contribution in [-0.4, -0.2) is 98.4 Å². The molecule has 12 heteroatoms. The van der Waals surface area contributed by atoms with Gasteiger partial charge in [-0.15, -0.1) is 4.37 Å². The van der Waals surface area contributed by atoms with Gasteiger partial charge < -0.3 is 40.1 Å². The first-order valence-electron chi connectivity index (χ1n) is 16.6. The molecule has 2 fully saturated rings. The van der Waals surface area contributed by atoms with Gasteiger partial charge in [0.05, 0.1) is 37.1 Å². The van der Waals surface area contributed by atoms with Crippen LogP contribution in [-0.2, 0) is 9.53 Å². The van der Waals surface area contributed by atoms with Gasteiger partial charge in [0.25, 0.3) is 5.88 Å². The third kappa shape index (κ3) is 16.3. The number of allylic oxidation sites excluding steroid dienone is 3. The lowest BCUT2D eigenvalue weighted by molar-refractivity contribution is -0.137. The molecule has 0 unspecified atom stereocenters. The number of nitrogens with zero attached hydrogens (tertiary/aromatic N) is 3. The van der Waals surface area contributed by atoms with Crippen molar-refractivity contribution in [1.29, 1.82) is 0 Å². The number of morpholine rings is 1. The number of aliphatic hydroxyl groups is 3. The van der Waals surface area contributed by atoms with Crippen LogP contribution in [0.5, 0.6) is 5.88 Å². The van der Waals surface area contributed by atoms with E-state index in [0.717, 1.165) is 49.9 Å². The normalized spacial score (nSPS) is 23.0. The Hall–Kier alpha value is -2.09. The summed E-state index contributed by atoms with van der Waals surface area (Å²) in [5, 5.41) is 42.1. The molecule has 1 saturated heterocycles. The molecule has 0 bridgehead atoms. The van der Waals surface area contributed by atoms with Crippen LogP contribution in [0.25, 0.3) is 0 Å². The molecule has 1 aromatic rings. The highest BCUT2D eigenvalue weighted by Crippen LogP contribution is 2.36. The largest absolute Gasteiger partial charge is 0.481 e. The van der Waals surface area contributed by atoms with E-state index in [1.807, 2.05) is 12.2 Å². The van der Waals surface area contributed by atoms with E-state index in [9.17, 15) is 20.1 Å². The number of aliphatic hydroxyl groups excluding tert-OH is 3. The van der Waals surface area contributed by atoms with Gasteiger partial charge in [0.2, 0.25) is 5.82 Å². The van der Waals surface area contributed by atoms with Crippen molar-refractivity contribution in [2.24, 2.45) is 11.8 Å². The number of unbranched alkanes of at least 4 members (excludes halogenated alkanes) is 5. The van der Waals surface area contributed by atoms with Crippen molar-refractivity contribution >= 4 is 23.5 Å². The fraction of sp³-hybridized carbons (Fsp3) is 0.788. The number of carbonyl (C=O) groups is 1. The van der Waals surface area contributed by atoms with E-state index in [-0.39, 0.29) is 30.4 Å². The van der Waals surface area contributed by atoms with E-state index in [0.29, 0.717) is 38.5 Å². The molecule has 0 spiro atoms. The highest BCUT2D eigenvalue weighted by molar-refractivity contribution is 6.99. The predicted molar refractivity (Wildman–Crippen MR) is 179 cm³/mol. The molecule has 3 rings (SSSR count). The van der Waals surface area contributed by atoms with Crippen molar-refractivity contribution in [2.75, 3.05) is 44.4 Å². The van der Waals surface area contributed by atoms with Crippen molar-refractivity contribution in [3.63, 3.8) is 0 Å². The molecule has 1 aliphatic carbocycles. The fourth-order valence-electron chi connectivity index (χ4n) is 5.28. The number of aromatic nitrogens is 2. The molecule has 2 aliphatic rings. The molecule has 5 atom stereocenters. The molecule has 45 heavy (non-hydrogen) atoms. The molecule has 258 valence electrons. The molecule has 1 aliphatic heterocycles. The zero-order valence-electron chi connectivity index (χ0n) is 27.8. The zero-order chi connectivity index (χ0) is 33.1. The van der Waals surface area contributed by atoms with Gasteiger partial charge in [-0.1, -0.05) is 50.5 Å². The molecule has 1 aromatic heterocycles. The number of β-amino-alcohol motifs (C(OH)–C–C–N with tert-alkyl or cyclic N) is 1. The summed E-state index contributed by atoms with van der Waals surface area (Å²) in [6.07, 6.45) is 15.5. The average Bonchev–Trinajstić information content (AvgIpc) is 3.58. The van der Waals surface area contributed by atoms with Gasteiger partial charge in [-0.25, -0.2) is 0 Å². The quantitative estimate of drug-likeness (QED) is 0.112. The highest BCUT2D eigenvalue weighted by Gasteiger charge is 2.39. The van der Waals surface area contributed by atoms with E-state index in [4.69, 9.17) is 14.6 Å². The number of ether oxygens (including phenoxy) is 2. The summed E-state index contributed by atoms with van der Waals surface area (Å²) in [7, 11) is 0. The molecule has 11 nitrogen and oxygen atoms in total. The molecule has 0 radical (unpaired) electrons. The fourth-order valence-corrected chi connectivity index (χ4v) is 5.80. The maximum absolute atomic E-state index is 10.5. The first-order chi connectivity index (χ1) is 21.5. The number of anilines is 1. The molecule has 0 aromatic carbocycles. The lowest BCUT2D eigenvalue weighted by Crippen LogP contribution is -2.42. The van der Waals surface area contributed by atoms with Crippen LogP contribution in [0.1, 0.15) is 91.9 Å². The summed E-state index contributed by atoms with van der Waals surface area (Å²) < 4.78 is 19.4. The summed E-state index contributed by atoms with van der Waals surface area (Å²) in [5.41, 5.74) is -0.0257. The maximum atomic E-state index is 10.5. The summed E-state index contributed by atoms with van der Waals surface area (Å²) >= 11 is 1.12. The van der Waals surface area contributed by atoms with Crippen molar-refractivity contribution in [3.05, 3.63) is 24.3 Å². The molecule has 1 saturated carbocycles. The number of carboxylic acid groups (broad SMARTS) is 1. The minimum atomic E-state index is -0.762. The van der Waals surface area contributed by atoms with Crippen LogP contribution in [0, 0.1) is 11.8 Å². The number of hydrogen-bond acceptors (Lipinski definition) is 11. The van der Waals surface area contributed by atoms with Crippen LogP contribution < -0.4 is 15.0 Å². The van der Waals surface area contributed by atoms with Crippen LogP contribution in [0.15, 0.2) is 24.3 Å². The van der Waals surface area contributed by atoms with Gasteiger partial charge in [-0.2, -0.15) is 4.37 Å². The lowest BCUT2D eigenvalue weighted by Gasteiger charge is -2.27. The Kier molecular flexibility index (Phi) is 18.8. The minimum Gasteiger partial charge on any atom is -0.481 e. The summed E-state index contributed by atoms with van der Waals surface area (Å²) in [6.45, 7) is 12.0. The molecule has 5 N–H and O–H groups in total. The van der Waals surface area contributed by atoms with Gasteiger partial charge in [0.1, 0.15) is 12.7 Å². The molecular weight excluding hydrogens is 596 g/mol. The number of carboxylic acids is 1. The van der Waals surface area contributed by atoms with Gasteiger partial charge in [-0.05, 0) is 58.8 Å². The average molecular weight is 655 g/mol. The summed E-state index contributed by atoms with van der Waals surface area (Å²) in [4.78, 5) is 12.6. The van der Waals surface area contributed by atoms with Gasteiger partial charge >= 0.3 is 5.97 Å². The van der Waals surface area contributed by atoms with Crippen molar-refractivity contribution < 1.29 is 34.7 Å². The number of nitrogens with one attached hydrogen (secondary N) is 1. The van der Waals surface area contributed by atoms with Crippen LogP contribution in [0.3, 0.4) is 0 Å². The van der Waals surface area contributed by atoms with Gasteiger partial charge in [-0.3, -0.25) is 4.79 Å². The van der Waals surface area contributed by atoms with E-state index in [2.05, 4.69) is 58.8 Å². The highest BCUT2D eigenvalue weighted by atomic mass is 32.1. The Morgan fingerprint density at radius 2 is 1.82 bits per heavy atom. The Bertz CT molecular complexity index is 994. The van der Waals surface area contributed by atoms with Crippen molar-refractivity contribution in [3.8, 4) is 5.88 Å². The molecule has 2 heterocycles.